The van der Waals surface area contributed by atoms with Crippen molar-refractivity contribution in [3.63, 3.8) is 0 Å². The summed E-state index contributed by atoms with van der Waals surface area (Å²) in [7, 11) is 0. The van der Waals surface area contributed by atoms with Crippen molar-refractivity contribution in [2.45, 2.75) is 12.0 Å². The molecule has 5 heteroatoms. The van der Waals surface area contributed by atoms with Crippen LogP contribution >= 0.6 is 0 Å². The fourth-order valence-electron chi connectivity index (χ4n) is 7.59. The molecule has 0 spiro atoms. The van der Waals surface area contributed by atoms with Crippen LogP contribution in [0.15, 0.2) is 168 Å². The van der Waals surface area contributed by atoms with E-state index in [0.717, 1.165) is 33.4 Å². The van der Waals surface area contributed by atoms with Crippen molar-refractivity contribution in [3.8, 4) is 45.3 Å². The second-order valence-corrected chi connectivity index (χ2v) is 12.8. The fourth-order valence-corrected chi connectivity index (χ4v) is 7.59. The number of fused-ring (bicyclic) bond motifs is 7. The van der Waals surface area contributed by atoms with Crippen molar-refractivity contribution in [2.24, 2.45) is 0 Å². The Morgan fingerprint density at radius 1 is 0.500 bits per heavy atom. The minimum atomic E-state index is 0.0922. The Morgan fingerprint density at radius 2 is 1.04 bits per heavy atom. The zero-order chi connectivity index (χ0) is 33.0. The summed E-state index contributed by atoms with van der Waals surface area (Å²) in [6.45, 7) is 0. The van der Waals surface area contributed by atoms with Crippen molar-refractivity contribution in [1.29, 1.82) is 0 Å². The van der Waals surface area contributed by atoms with Gasteiger partial charge < -0.3 is 9.32 Å². The predicted molar refractivity (Wildman–Crippen MR) is 201 cm³/mol. The van der Waals surface area contributed by atoms with E-state index in [-0.39, 0.29) is 12.0 Å². The molecule has 236 valence electrons. The third-order valence-corrected chi connectivity index (χ3v) is 9.89. The predicted octanol–water partition coefficient (Wildman–Crippen LogP) is 11.0. The SMILES string of the molecule is C1=CC2C(c3ccccc3N2c2ccc(-c3ccccc3)cc2)c2c1oc1ccc(-c3nc(-c4ccccc4)nc(-c4ccccc4)n3)cc21. The van der Waals surface area contributed by atoms with Gasteiger partial charge in [0.1, 0.15) is 11.3 Å². The Morgan fingerprint density at radius 3 is 1.70 bits per heavy atom. The fraction of sp³-hybridized carbons (Fsp3) is 0.0444. The Labute approximate surface area is 289 Å². The highest BCUT2D eigenvalue weighted by atomic mass is 16.3. The number of hydrogen-bond donors (Lipinski definition) is 0. The maximum atomic E-state index is 6.54. The zero-order valence-electron chi connectivity index (χ0n) is 27.0. The standard InChI is InChI=1S/C45H30N4O/c1-4-12-29(13-5-1)30-20-23-34(24-21-30)49-37-19-11-10-18-35(37)41-38(49)25-27-40-42(41)36-28-33(22-26-39(36)50-40)45-47-43(31-14-6-2-7-15-31)46-44(48-45)32-16-8-3-9-17-32/h1-28,38,41H. The first-order valence-electron chi connectivity index (χ1n) is 16.9. The molecule has 0 saturated heterocycles. The van der Waals surface area contributed by atoms with Crippen LogP contribution in [0.4, 0.5) is 11.4 Å². The van der Waals surface area contributed by atoms with E-state index in [1.165, 1.54) is 33.6 Å². The van der Waals surface area contributed by atoms with E-state index in [0.29, 0.717) is 17.5 Å². The van der Waals surface area contributed by atoms with Crippen molar-refractivity contribution in [3.05, 3.63) is 181 Å². The molecular weight excluding hydrogens is 613 g/mol. The lowest BCUT2D eigenvalue weighted by Gasteiger charge is -2.30. The Balaban J connectivity index is 1.09. The number of nitrogens with zero attached hydrogens (tertiary/aromatic N) is 4. The van der Waals surface area contributed by atoms with E-state index in [2.05, 4.69) is 114 Å². The molecule has 50 heavy (non-hydrogen) atoms. The highest BCUT2D eigenvalue weighted by molar-refractivity contribution is 5.92. The molecule has 8 aromatic rings. The van der Waals surface area contributed by atoms with E-state index in [9.17, 15) is 0 Å². The van der Waals surface area contributed by atoms with Crippen LogP contribution in [0.1, 0.15) is 22.8 Å². The van der Waals surface area contributed by atoms with Gasteiger partial charge >= 0.3 is 0 Å². The average Bonchev–Trinajstić information content (AvgIpc) is 3.74. The van der Waals surface area contributed by atoms with Crippen LogP contribution in [-0.2, 0) is 0 Å². The lowest BCUT2D eigenvalue weighted by molar-refractivity contribution is 0.584. The molecular formula is C45H30N4O. The summed E-state index contributed by atoms with van der Waals surface area (Å²) in [5.74, 6) is 2.91. The molecule has 3 heterocycles. The highest BCUT2D eigenvalue weighted by Gasteiger charge is 2.43. The van der Waals surface area contributed by atoms with Gasteiger partial charge in [-0.25, -0.2) is 15.0 Å². The summed E-state index contributed by atoms with van der Waals surface area (Å²) in [5.41, 5.74) is 11.0. The summed E-state index contributed by atoms with van der Waals surface area (Å²) < 4.78 is 6.54. The number of para-hydroxylation sites is 1. The molecule has 2 aromatic heterocycles. The molecule has 2 atom stereocenters. The van der Waals surface area contributed by atoms with Gasteiger partial charge in [-0.05, 0) is 59.2 Å². The molecule has 0 saturated carbocycles. The monoisotopic (exact) mass is 642 g/mol. The molecule has 0 radical (unpaired) electrons. The van der Waals surface area contributed by atoms with Crippen molar-refractivity contribution < 1.29 is 4.42 Å². The van der Waals surface area contributed by atoms with E-state index in [4.69, 9.17) is 19.4 Å². The Hall–Kier alpha value is -6.59. The number of aromatic nitrogens is 3. The number of hydrogen-bond acceptors (Lipinski definition) is 5. The maximum Gasteiger partial charge on any atom is 0.164 e. The van der Waals surface area contributed by atoms with Crippen molar-refractivity contribution in [1.82, 2.24) is 15.0 Å². The van der Waals surface area contributed by atoms with Crippen LogP contribution in [-0.4, -0.2) is 21.0 Å². The largest absolute Gasteiger partial charge is 0.456 e. The maximum absolute atomic E-state index is 6.54. The lowest BCUT2D eigenvalue weighted by Crippen LogP contribution is -2.30. The van der Waals surface area contributed by atoms with E-state index >= 15 is 0 Å². The van der Waals surface area contributed by atoms with Gasteiger partial charge in [0.2, 0.25) is 0 Å². The molecule has 5 nitrogen and oxygen atoms in total. The zero-order valence-corrected chi connectivity index (χ0v) is 27.0. The van der Waals surface area contributed by atoms with Gasteiger partial charge in [-0.1, -0.05) is 127 Å². The summed E-state index contributed by atoms with van der Waals surface area (Å²) in [4.78, 5) is 17.4. The van der Waals surface area contributed by atoms with Gasteiger partial charge in [0.05, 0.1) is 6.04 Å². The smallest absolute Gasteiger partial charge is 0.164 e. The molecule has 0 fully saturated rings. The minimum Gasteiger partial charge on any atom is -0.456 e. The summed E-state index contributed by atoms with van der Waals surface area (Å²) in [6, 6.07) is 54.8. The Bertz CT molecular complexity index is 2480. The van der Waals surface area contributed by atoms with Gasteiger partial charge in [0, 0.05) is 44.9 Å². The van der Waals surface area contributed by atoms with Crippen LogP contribution in [0.3, 0.4) is 0 Å². The van der Waals surface area contributed by atoms with Gasteiger partial charge in [-0.2, -0.15) is 0 Å². The van der Waals surface area contributed by atoms with E-state index < -0.39 is 0 Å². The number of benzene rings is 6. The third-order valence-electron chi connectivity index (χ3n) is 9.89. The number of furan rings is 1. The second-order valence-electron chi connectivity index (χ2n) is 12.8. The van der Waals surface area contributed by atoms with E-state index in [1.54, 1.807) is 0 Å². The van der Waals surface area contributed by atoms with Crippen LogP contribution in [0, 0.1) is 0 Å². The molecule has 0 bridgehead atoms. The molecule has 1 aliphatic heterocycles. The first kappa shape index (κ1) is 28.4. The molecule has 6 aromatic carbocycles. The highest BCUT2D eigenvalue weighted by Crippen LogP contribution is 2.53. The van der Waals surface area contributed by atoms with Crippen LogP contribution < -0.4 is 4.90 Å². The molecule has 10 rings (SSSR count). The third kappa shape index (κ3) is 4.66. The topological polar surface area (TPSA) is 55.1 Å². The molecule has 0 N–H and O–H groups in total. The van der Waals surface area contributed by atoms with Gasteiger partial charge in [-0.3, -0.25) is 0 Å². The summed E-state index contributed by atoms with van der Waals surface area (Å²) >= 11 is 0. The summed E-state index contributed by atoms with van der Waals surface area (Å²) in [6.07, 6.45) is 4.45. The molecule has 2 aliphatic rings. The van der Waals surface area contributed by atoms with Gasteiger partial charge in [0.15, 0.2) is 17.5 Å². The first-order valence-corrected chi connectivity index (χ1v) is 16.9. The van der Waals surface area contributed by atoms with Crippen LogP contribution in [0.5, 0.6) is 0 Å². The normalized spacial score (nSPS) is 15.9. The van der Waals surface area contributed by atoms with Crippen molar-refractivity contribution in [2.75, 3.05) is 4.90 Å². The summed E-state index contributed by atoms with van der Waals surface area (Å²) in [5, 5.41) is 1.08. The van der Waals surface area contributed by atoms with Crippen molar-refractivity contribution >= 4 is 28.4 Å². The Kier molecular flexibility index (Phi) is 6.56. The molecule has 2 unspecified atom stereocenters. The molecule has 1 aliphatic carbocycles. The second kappa shape index (κ2) is 11.5. The van der Waals surface area contributed by atoms with E-state index in [1.807, 2.05) is 60.7 Å². The molecule has 0 amide bonds. The average molecular weight is 643 g/mol. The van der Waals surface area contributed by atoms with Gasteiger partial charge in [-0.15, -0.1) is 0 Å². The lowest BCUT2D eigenvalue weighted by atomic mass is 9.82. The van der Waals surface area contributed by atoms with Gasteiger partial charge in [0.25, 0.3) is 0 Å². The number of rotatable bonds is 5. The quantitative estimate of drug-likeness (QED) is 0.187. The first-order chi connectivity index (χ1) is 24.8. The number of anilines is 2. The van der Waals surface area contributed by atoms with Crippen LogP contribution in [0.25, 0.3) is 62.3 Å². The van der Waals surface area contributed by atoms with Crippen LogP contribution in [0.2, 0.25) is 0 Å². The minimum absolute atomic E-state index is 0.0922.